The van der Waals surface area contributed by atoms with Crippen LogP contribution in [0, 0.1) is 13.8 Å². The first-order valence-corrected chi connectivity index (χ1v) is 10.8. The fourth-order valence-corrected chi connectivity index (χ4v) is 4.38. The van der Waals surface area contributed by atoms with E-state index in [1.165, 1.54) is 59.0 Å². The highest BCUT2D eigenvalue weighted by Crippen LogP contribution is 2.34. The second-order valence-corrected chi connectivity index (χ2v) is 7.71. The number of nitrogens with one attached hydrogen (secondary N) is 1. The Morgan fingerprint density at radius 3 is 2.27 bits per heavy atom. The standard InChI is InChI=1S/C21H28N2S.C2H6/c1-17-8-7-9-18(2)21(17)24-20-11-4-3-10-19(20)16-22-12-15-23-13-5-6-14-23;1-2/h3-4,7-11,22H,5-6,12-16H2,1-2H3;1-2H3. The van der Waals surface area contributed by atoms with Gasteiger partial charge in [0, 0.05) is 29.4 Å². The van der Waals surface area contributed by atoms with Crippen molar-refractivity contribution < 1.29 is 0 Å². The van der Waals surface area contributed by atoms with Crippen LogP contribution in [0.4, 0.5) is 0 Å². The summed E-state index contributed by atoms with van der Waals surface area (Å²) < 4.78 is 0. The molecular formula is C23H34N2S. The molecule has 1 heterocycles. The molecule has 0 radical (unpaired) electrons. The van der Waals surface area contributed by atoms with Gasteiger partial charge in [-0.3, -0.25) is 0 Å². The molecule has 3 heteroatoms. The number of aryl methyl sites for hydroxylation is 2. The quantitative estimate of drug-likeness (QED) is 0.633. The largest absolute Gasteiger partial charge is 0.311 e. The van der Waals surface area contributed by atoms with Crippen LogP contribution in [-0.2, 0) is 6.54 Å². The molecule has 2 nitrogen and oxygen atoms in total. The van der Waals surface area contributed by atoms with E-state index in [-0.39, 0.29) is 0 Å². The number of hydrogen-bond acceptors (Lipinski definition) is 3. The summed E-state index contributed by atoms with van der Waals surface area (Å²) in [6.45, 7) is 14.1. The van der Waals surface area contributed by atoms with Gasteiger partial charge in [-0.05, 0) is 62.5 Å². The van der Waals surface area contributed by atoms with Crippen LogP contribution >= 0.6 is 11.8 Å². The van der Waals surface area contributed by atoms with Gasteiger partial charge < -0.3 is 10.2 Å². The molecular weight excluding hydrogens is 336 g/mol. The van der Waals surface area contributed by atoms with Crippen LogP contribution < -0.4 is 5.32 Å². The monoisotopic (exact) mass is 370 g/mol. The molecule has 1 N–H and O–H groups in total. The maximum atomic E-state index is 3.63. The predicted octanol–water partition coefficient (Wildman–Crippen LogP) is 5.67. The van der Waals surface area contributed by atoms with Gasteiger partial charge in [0.1, 0.15) is 0 Å². The Balaban J connectivity index is 0.00000117. The van der Waals surface area contributed by atoms with Gasteiger partial charge in [0.2, 0.25) is 0 Å². The Kier molecular flexibility index (Phi) is 9.24. The van der Waals surface area contributed by atoms with E-state index in [1.54, 1.807) is 0 Å². The van der Waals surface area contributed by atoms with Gasteiger partial charge in [-0.25, -0.2) is 0 Å². The van der Waals surface area contributed by atoms with E-state index < -0.39 is 0 Å². The topological polar surface area (TPSA) is 15.3 Å². The summed E-state index contributed by atoms with van der Waals surface area (Å²) in [4.78, 5) is 5.32. The molecule has 2 aromatic rings. The average Bonchev–Trinajstić information content (AvgIpc) is 3.18. The third-order valence-electron chi connectivity index (χ3n) is 4.71. The maximum absolute atomic E-state index is 3.63. The van der Waals surface area contributed by atoms with Crippen molar-refractivity contribution in [2.45, 2.75) is 56.9 Å². The second-order valence-electron chi connectivity index (χ2n) is 6.66. The average molecular weight is 371 g/mol. The summed E-state index contributed by atoms with van der Waals surface area (Å²) in [5.74, 6) is 0. The van der Waals surface area contributed by atoms with E-state index in [2.05, 4.69) is 66.5 Å². The van der Waals surface area contributed by atoms with Gasteiger partial charge in [0.05, 0.1) is 0 Å². The van der Waals surface area contributed by atoms with Crippen molar-refractivity contribution in [3.63, 3.8) is 0 Å². The second kappa shape index (κ2) is 11.4. The number of rotatable bonds is 7. The Morgan fingerprint density at radius 2 is 1.58 bits per heavy atom. The smallest absolute Gasteiger partial charge is 0.0217 e. The summed E-state index contributed by atoms with van der Waals surface area (Å²) in [6.07, 6.45) is 2.74. The van der Waals surface area contributed by atoms with Gasteiger partial charge in [-0.1, -0.05) is 62.0 Å². The lowest BCUT2D eigenvalue weighted by atomic mass is 10.2. The van der Waals surface area contributed by atoms with E-state index in [4.69, 9.17) is 0 Å². The van der Waals surface area contributed by atoms with Crippen LogP contribution in [0.3, 0.4) is 0 Å². The van der Waals surface area contributed by atoms with E-state index in [0.29, 0.717) is 0 Å². The molecule has 142 valence electrons. The normalized spacial score (nSPS) is 14.2. The highest BCUT2D eigenvalue weighted by Gasteiger charge is 2.11. The fraction of sp³-hybridized carbons (Fsp3) is 0.478. The van der Waals surface area contributed by atoms with Crippen molar-refractivity contribution in [1.29, 1.82) is 0 Å². The van der Waals surface area contributed by atoms with Crippen molar-refractivity contribution in [2.75, 3.05) is 26.2 Å². The lowest BCUT2D eigenvalue weighted by Gasteiger charge is -2.16. The Labute approximate surface area is 164 Å². The molecule has 1 aliphatic heterocycles. The third kappa shape index (κ3) is 6.15. The number of nitrogens with zero attached hydrogens (tertiary/aromatic N) is 1. The minimum Gasteiger partial charge on any atom is -0.311 e. The lowest BCUT2D eigenvalue weighted by molar-refractivity contribution is 0.335. The van der Waals surface area contributed by atoms with Gasteiger partial charge in [0.15, 0.2) is 0 Å². The summed E-state index contributed by atoms with van der Waals surface area (Å²) >= 11 is 1.90. The third-order valence-corrected chi connectivity index (χ3v) is 6.18. The molecule has 0 unspecified atom stereocenters. The Hall–Kier alpha value is -1.29. The van der Waals surface area contributed by atoms with Crippen molar-refractivity contribution in [3.8, 4) is 0 Å². The number of hydrogen-bond donors (Lipinski definition) is 1. The summed E-state index contributed by atoms with van der Waals surface area (Å²) in [5, 5.41) is 3.63. The van der Waals surface area contributed by atoms with E-state index in [9.17, 15) is 0 Å². The summed E-state index contributed by atoms with van der Waals surface area (Å²) in [5.41, 5.74) is 4.11. The first kappa shape index (κ1) is 21.0. The highest BCUT2D eigenvalue weighted by molar-refractivity contribution is 7.99. The van der Waals surface area contributed by atoms with Gasteiger partial charge >= 0.3 is 0 Å². The molecule has 0 amide bonds. The van der Waals surface area contributed by atoms with Crippen molar-refractivity contribution in [1.82, 2.24) is 10.2 Å². The van der Waals surface area contributed by atoms with Gasteiger partial charge in [0.25, 0.3) is 0 Å². The minimum atomic E-state index is 0.946. The van der Waals surface area contributed by atoms with E-state index in [1.807, 2.05) is 25.6 Å². The van der Waals surface area contributed by atoms with Crippen LogP contribution in [-0.4, -0.2) is 31.1 Å². The Bertz CT molecular complexity index is 643. The number of likely N-dealkylation sites (tertiary alicyclic amines) is 1. The molecule has 0 spiro atoms. The molecule has 0 bridgehead atoms. The molecule has 2 aromatic carbocycles. The van der Waals surface area contributed by atoms with Crippen LogP contribution in [0.1, 0.15) is 43.4 Å². The first-order valence-electron chi connectivity index (χ1n) is 9.99. The maximum Gasteiger partial charge on any atom is 0.0217 e. The van der Waals surface area contributed by atoms with Crippen molar-refractivity contribution >= 4 is 11.8 Å². The zero-order valence-corrected chi connectivity index (χ0v) is 17.7. The molecule has 1 aliphatic rings. The van der Waals surface area contributed by atoms with Crippen molar-refractivity contribution in [2.24, 2.45) is 0 Å². The zero-order valence-electron chi connectivity index (χ0n) is 16.8. The molecule has 1 fully saturated rings. The molecule has 0 aromatic heterocycles. The predicted molar refractivity (Wildman–Crippen MR) is 115 cm³/mol. The number of benzene rings is 2. The molecule has 1 saturated heterocycles. The highest BCUT2D eigenvalue weighted by atomic mass is 32.2. The molecule has 0 aliphatic carbocycles. The fourth-order valence-electron chi connectivity index (χ4n) is 3.29. The first-order chi connectivity index (χ1) is 12.7. The minimum absolute atomic E-state index is 0.946. The van der Waals surface area contributed by atoms with Gasteiger partial charge in [-0.15, -0.1) is 0 Å². The molecule has 3 rings (SSSR count). The van der Waals surface area contributed by atoms with Gasteiger partial charge in [-0.2, -0.15) is 0 Å². The van der Waals surface area contributed by atoms with Crippen LogP contribution in [0.2, 0.25) is 0 Å². The van der Waals surface area contributed by atoms with Crippen LogP contribution in [0.5, 0.6) is 0 Å². The van der Waals surface area contributed by atoms with E-state index >= 15 is 0 Å². The molecule has 0 saturated carbocycles. The van der Waals surface area contributed by atoms with Crippen LogP contribution in [0.25, 0.3) is 0 Å². The molecule has 26 heavy (non-hydrogen) atoms. The SMILES string of the molecule is CC.Cc1cccc(C)c1Sc1ccccc1CNCCN1CCCC1. The zero-order chi connectivity index (χ0) is 18.8. The van der Waals surface area contributed by atoms with Crippen molar-refractivity contribution in [3.05, 3.63) is 59.2 Å². The lowest BCUT2D eigenvalue weighted by Crippen LogP contribution is -2.29. The summed E-state index contributed by atoms with van der Waals surface area (Å²) in [7, 11) is 0. The van der Waals surface area contributed by atoms with E-state index in [0.717, 1.165) is 13.1 Å². The molecule has 0 atom stereocenters. The van der Waals surface area contributed by atoms with Crippen LogP contribution in [0.15, 0.2) is 52.3 Å². The Morgan fingerprint density at radius 1 is 0.923 bits per heavy atom. The summed E-state index contributed by atoms with van der Waals surface area (Å²) in [6, 6.07) is 15.3.